The Morgan fingerprint density at radius 1 is 1.40 bits per heavy atom. The van der Waals surface area contributed by atoms with Crippen LogP contribution in [0.4, 0.5) is 4.39 Å². The highest BCUT2D eigenvalue weighted by Crippen LogP contribution is 2.20. The van der Waals surface area contributed by atoms with E-state index in [-0.39, 0.29) is 18.2 Å². The quantitative estimate of drug-likeness (QED) is 0.719. The number of halogens is 1. The van der Waals surface area contributed by atoms with E-state index >= 15 is 0 Å². The van der Waals surface area contributed by atoms with Crippen molar-refractivity contribution in [3.05, 3.63) is 35.6 Å². The van der Waals surface area contributed by atoms with E-state index < -0.39 is 6.04 Å². The number of carbonyl (C=O) groups excluding carboxylic acids is 1. The minimum atomic E-state index is -0.491. The molecule has 0 fully saturated rings. The highest BCUT2D eigenvalue weighted by molar-refractivity contribution is 5.69. The largest absolute Gasteiger partial charge is 0.466 e. The van der Waals surface area contributed by atoms with Gasteiger partial charge in [-0.3, -0.25) is 9.69 Å². The van der Waals surface area contributed by atoms with Crippen molar-refractivity contribution in [2.75, 3.05) is 19.7 Å². The summed E-state index contributed by atoms with van der Waals surface area (Å²) in [6.07, 6.45) is 0.237. The van der Waals surface area contributed by atoms with Crippen LogP contribution in [0.3, 0.4) is 0 Å². The number of hydrogen-bond donors (Lipinski definition) is 0. The van der Waals surface area contributed by atoms with Crippen LogP contribution >= 0.6 is 0 Å². The molecule has 1 aromatic rings. The summed E-state index contributed by atoms with van der Waals surface area (Å²) >= 11 is 0. The Bertz CT molecular complexity index is 468. The van der Waals surface area contributed by atoms with E-state index in [1.54, 1.807) is 19.1 Å². The molecule has 5 heteroatoms. The van der Waals surface area contributed by atoms with Crippen molar-refractivity contribution in [3.63, 3.8) is 0 Å². The fourth-order valence-electron chi connectivity index (χ4n) is 1.95. The Balaban J connectivity index is 2.72. The molecule has 0 aliphatic carbocycles. The molecule has 0 radical (unpaired) electrons. The average Bonchev–Trinajstić information content (AvgIpc) is 2.45. The molecule has 0 saturated heterocycles. The van der Waals surface area contributed by atoms with Crippen LogP contribution in [0, 0.1) is 17.1 Å². The zero-order valence-corrected chi connectivity index (χ0v) is 11.8. The summed E-state index contributed by atoms with van der Waals surface area (Å²) in [5.41, 5.74) is 0.722. The Labute approximate surface area is 118 Å². The van der Waals surface area contributed by atoms with Gasteiger partial charge in [0.1, 0.15) is 11.9 Å². The van der Waals surface area contributed by atoms with E-state index in [2.05, 4.69) is 6.07 Å². The Morgan fingerprint density at radius 2 is 2.05 bits per heavy atom. The maximum atomic E-state index is 12.9. The number of nitriles is 1. The SMILES string of the molecule is CCOC(=O)CCN(CC)C(C#N)c1ccc(F)cc1. The van der Waals surface area contributed by atoms with Crippen molar-refractivity contribution in [2.45, 2.75) is 26.3 Å². The third kappa shape index (κ3) is 4.63. The van der Waals surface area contributed by atoms with Gasteiger partial charge < -0.3 is 4.74 Å². The van der Waals surface area contributed by atoms with Crippen LogP contribution in [0.5, 0.6) is 0 Å². The first kappa shape index (κ1) is 16.1. The predicted molar refractivity (Wildman–Crippen MR) is 73.3 cm³/mol. The van der Waals surface area contributed by atoms with Crippen molar-refractivity contribution in [2.24, 2.45) is 0 Å². The van der Waals surface area contributed by atoms with Crippen LogP contribution < -0.4 is 0 Å². The van der Waals surface area contributed by atoms with Gasteiger partial charge in [0.05, 0.1) is 19.1 Å². The third-order valence-corrected chi connectivity index (χ3v) is 2.99. The van der Waals surface area contributed by atoms with E-state index in [4.69, 9.17) is 4.74 Å². The van der Waals surface area contributed by atoms with Gasteiger partial charge in [0.15, 0.2) is 0 Å². The molecule has 0 N–H and O–H groups in total. The number of hydrogen-bond acceptors (Lipinski definition) is 4. The van der Waals surface area contributed by atoms with Crippen molar-refractivity contribution < 1.29 is 13.9 Å². The molecular formula is C15H19FN2O2. The summed E-state index contributed by atoms with van der Waals surface area (Å²) in [5.74, 6) is -0.609. The molecule has 0 spiro atoms. The fraction of sp³-hybridized carbons (Fsp3) is 0.467. The van der Waals surface area contributed by atoms with Crippen molar-refractivity contribution in [1.29, 1.82) is 5.26 Å². The fourth-order valence-corrected chi connectivity index (χ4v) is 1.95. The van der Waals surface area contributed by atoms with Crippen molar-refractivity contribution in [3.8, 4) is 6.07 Å². The van der Waals surface area contributed by atoms with E-state index in [9.17, 15) is 14.4 Å². The summed E-state index contributed by atoms with van der Waals surface area (Å²) in [4.78, 5) is 13.2. The summed E-state index contributed by atoms with van der Waals surface area (Å²) in [6.45, 7) is 5.08. The molecule has 0 aliphatic heterocycles. The van der Waals surface area contributed by atoms with Crippen LogP contribution in [0.1, 0.15) is 31.9 Å². The lowest BCUT2D eigenvalue weighted by Gasteiger charge is -2.25. The van der Waals surface area contributed by atoms with Gasteiger partial charge >= 0.3 is 5.97 Å². The van der Waals surface area contributed by atoms with E-state index in [0.29, 0.717) is 19.7 Å². The molecule has 0 aliphatic rings. The number of nitrogens with zero attached hydrogens (tertiary/aromatic N) is 2. The van der Waals surface area contributed by atoms with Crippen LogP contribution in [-0.2, 0) is 9.53 Å². The van der Waals surface area contributed by atoms with E-state index in [0.717, 1.165) is 5.56 Å². The van der Waals surface area contributed by atoms with E-state index in [1.165, 1.54) is 12.1 Å². The first-order chi connectivity index (χ1) is 9.62. The molecule has 0 amide bonds. The first-order valence-electron chi connectivity index (χ1n) is 6.67. The second kappa shape index (κ2) is 8.28. The number of rotatable bonds is 7. The van der Waals surface area contributed by atoms with Gasteiger partial charge in [-0.2, -0.15) is 5.26 Å². The molecule has 4 nitrogen and oxygen atoms in total. The second-order valence-corrected chi connectivity index (χ2v) is 4.27. The van der Waals surface area contributed by atoms with Crippen LogP contribution in [0.2, 0.25) is 0 Å². The molecule has 108 valence electrons. The number of esters is 1. The first-order valence-corrected chi connectivity index (χ1v) is 6.67. The number of ether oxygens (including phenoxy) is 1. The highest BCUT2D eigenvalue weighted by atomic mass is 19.1. The van der Waals surface area contributed by atoms with Crippen molar-refractivity contribution >= 4 is 5.97 Å². The lowest BCUT2D eigenvalue weighted by atomic mass is 10.1. The Morgan fingerprint density at radius 3 is 2.55 bits per heavy atom. The molecule has 1 atom stereocenters. The molecule has 0 bridgehead atoms. The minimum Gasteiger partial charge on any atom is -0.466 e. The van der Waals surface area contributed by atoms with Gasteiger partial charge in [-0.25, -0.2) is 4.39 Å². The molecule has 0 saturated carbocycles. The topological polar surface area (TPSA) is 53.3 Å². The maximum Gasteiger partial charge on any atom is 0.307 e. The van der Waals surface area contributed by atoms with Crippen molar-refractivity contribution in [1.82, 2.24) is 4.90 Å². The Kier molecular flexibility index (Phi) is 6.68. The van der Waals surface area contributed by atoms with Crippen LogP contribution in [0.15, 0.2) is 24.3 Å². The molecule has 1 unspecified atom stereocenters. The Hall–Kier alpha value is -1.93. The zero-order chi connectivity index (χ0) is 15.0. The van der Waals surface area contributed by atoms with Gasteiger partial charge in [0.25, 0.3) is 0 Å². The molecule has 1 aromatic carbocycles. The molecular weight excluding hydrogens is 259 g/mol. The molecule has 0 aromatic heterocycles. The number of benzene rings is 1. The van der Waals surface area contributed by atoms with Gasteiger partial charge in [-0.15, -0.1) is 0 Å². The summed E-state index contributed by atoms with van der Waals surface area (Å²) < 4.78 is 17.8. The van der Waals surface area contributed by atoms with Crippen LogP contribution in [0.25, 0.3) is 0 Å². The van der Waals surface area contributed by atoms with E-state index in [1.807, 2.05) is 11.8 Å². The van der Waals surface area contributed by atoms with Gasteiger partial charge in [0, 0.05) is 6.54 Å². The zero-order valence-electron chi connectivity index (χ0n) is 11.8. The second-order valence-electron chi connectivity index (χ2n) is 4.27. The standard InChI is InChI=1S/C15H19FN2O2/c1-3-18(10-9-15(19)20-4-2)14(11-17)12-5-7-13(16)8-6-12/h5-8,14H,3-4,9-10H2,1-2H3. The lowest BCUT2D eigenvalue weighted by molar-refractivity contribution is -0.143. The molecule has 0 heterocycles. The smallest absolute Gasteiger partial charge is 0.307 e. The normalized spacial score (nSPS) is 11.9. The average molecular weight is 278 g/mol. The van der Waals surface area contributed by atoms with Gasteiger partial charge in [-0.1, -0.05) is 19.1 Å². The third-order valence-electron chi connectivity index (χ3n) is 2.99. The highest BCUT2D eigenvalue weighted by Gasteiger charge is 2.19. The number of carbonyl (C=O) groups is 1. The molecule has 20 heavy (non-hydrogen) atoms. The lowest BCUT2D eigenvalue weighted by Crippen LogP contribution is -2.30. The van der Waals surface area contributed by atoms with Gasteiger partial charge in [0.2, 0.25) is 0 Å². The predicted octanol–water partition coefficient (Wildman–Crippen LogP) is 2.67. The maximum absolute atomic E-state index is 12.9. The molecule has 1 rings (SSSR count). The monoisotopic (exact) mass is 278 g/mol. The minimum absolute atomic E-state index is 0.237. The summed E-state index contributed by atoms with van der Waals surface area (Å²) in [6, 6.07) is 7.56. The summed E-state index contributed by atoms with van der Waals surface area (Å²) in [7, 11) is 0. The summed E-state index contributed by atoms with van der Waals surface area (Å²) in [5, 5.41) is 9.32. The van der Waals surface area contributed by atoms with Crippen LogP contribution in [-0.4, -0.2) is 30.6 Å². The van der Waals surface area contributed by atoms with Gasteiger partial charge in [-0.05, 0) is 31.2 Å².